The average Bonchev–Trinajstić information content (AvgIpc) is 2.92. The zero-order chi connectivity index (χ0) is 14.8. The Morgan fingerprint density at radius 3 is 2.81 bits per heavy atom. The number of benzene rings is 1. The second-order valence-corrected chi connectivity index (χ2v) is 5.04. The number of aromatic nitrogens is 1. The third kappa shape index (κ3) is 2.78. The van der Waals surface area contributed by atoms with Crippen LogP contribution in [0.2, 0.25) is 0 Å². The van der Waals surface area contributed by atoms with E-state index < -0.39 is 0 Å². The van der Waals surface area contributed by atoms with E-state index in [9.17, 15) is 0 Å². The van der Waals surface area contributed by atoms with Gasteiger partial charge in [-0.05, 0) is 43.2 Å². The minimum absolute atomic E-state index is 0.273. The van der Waals surface area contributed by atoms with Crippen molar-refractivity contribution >= 4 is 0 Å². The fraction of sp³-hybridized carbons (Fsp3) is 0.312. The maximum atomic E-state index is 5.85. The Kier molecular flexibility index (Phi) is 3.66. The maximum Gasteiger partial charge on any atom is 0.231 e. The lowest BCUT2D eigenvalue weighted by molar-refractivity contribution is 0.174. The Hall–Kier alpha value is -2.27. The highest BCUT2D eigenvalue weighted by atomic mass is 16.7. The average molecular weight is 286 g/mol. The molecule has 2 N–H and O–H groups in total. The molecule has 2 aromatic rings. The molecule has 0 saturated heterocycles. The molecule has 0 saturated carbocycles. The molecule has 110 valence electrons. The molecule has 0 spiro atoms. The van der Waals surface area contributed by atoms with Gasteiger partial charge in [-0.2, -0.15) is 0 Å². The molecule has 21 heavy (non-hydrogen) atoms. The molecule has 0 unspecified atom stereocenters. The minimum Gasteiger partial charge on any atom is -0.473 e. The summed E-state index contributed by atoms with van der Waals surface area (Å²) in [5.41, 5.74) is 9.76. The lowest BCUT2D eigenvalue weighted by atomic mass is 10.1. The normalized spacial score (nSPS) is 12.5. The van der Waals surface area contributed by atoms with Gasteiger partial charge in [-0.3, -0.25) is 0 Å². The molecule has 0 bridgehead atoms. The maximum absolute atomic E-state index is 5.85. The Morgan fingerprint density at radius 2 is 2.00 bits per heavy atom. The summed E-state index contributed by atoms with van der Waals surface area (Å²) < 4.78 is 16.5. The second kappa shape index (κ2) is 5.61. The highest BCUT2D eigenvalue weighted by molar-refractivity contribution is 5.44. The summed E-state index contributed by atoms with van der Waals surface area (Å²) in [6, 6.07) is 7.78. The first kappa shape index (κ1) is 13.7. The molecule has 0 aliphatic carbocycles. The van der Waals surface area contributed by atoms with E-state index in [4.69, 9.17) is 19.9 Å². The van der Waals surface area contributed by atoms with Gasteiger partial charge >= 0.3 is 0 Å². The zero-order valence-corrected chi connectivity index (χ0v) is 12.2. The van der Waals surface area contributed by atoms with Gasteiger partial charge in [0.05, 0.1) is 0 Å². The predicted octanol–water partition coefficient (Wildman–Crippen LogP) is 2.46. The van der Waals surface area contributed by atoms with Crippen LogP contribution in [-0.2, 0) is 13.2 Å². The first-order valence-corrected chi connectivity index (χ1v) is 6.86. The molecular formula is C16H18N2O3. The molecule has 0 atom stereocenters. The van der Waals surface area contributed by atoms with E-state index in [1.54, 1.807) is 0 Å². The van der Waals surface area contributed by atoms with Gasteiger partial charge < -0.3 is 19.9 Å². The zero-order valence-electron chi connectivity index (χ0n) is 12.2. The molecule has 0 fully saturated rings. The summed E-state index contributed by atoms with van der Waals surface area (Å²) >= 11 is 0. The van der Waals surface area contributed by atoms with E-state index in [-0.39, 0.29) is 6.79 Å². The van der Waals surface area contributed by atoms with Crippen molar-refractivity contribution in [1.82, 2.24) is 4.98 Å². The van der Waals surface area contributed by atoms with Crippen LogP contribution < -0.4 is 19.9 Å². The van der Waals surface area contributed by atoms with E-state index in [0.29, 0.717) is 19.0 Å². The second-order valence-electron chi connectivity index (χ2n) is 5.04. The molecule has 3 rings (SSSR count). The van der Waals surface area contributed by atoms with Gasteiger partial charge in [0.2, 0.25) is 12.7 Å². The van der Waals surface area contributed by atoms with Gasteiger partial charge in [-0.15, -0.1) is 0 Å². The fourth-order valence-corrected chi connectivity index (χ4v) is 2.38. The largest absolute Gasteiger partial charge is 0.473 e. The molecular weight excluding hydrogens is 268 g/mol. The van der Waals surface area contributed by atoms with E-state index >= 15 is 0 Å². The molecule has 2 heterocycles. The van der Waals surface area contributed by atoms with Crippen LogP contribution in [-0.4, -0.2) is 11.8 Å². The third-order valence-electron chi connectivity index (χ3n) is 3.45. The standard InChI is InChI=1S/C16H18N2O3/c1-10-5-11(2)18-16(13(10)7-17)19-8-12-3-4-14-15(6-12)21-9-20-14/h3-6H,7-9,17H2,1-2H3. The van der Waals surface area contributed by atoms with Crippen molar-refractivity contribution in [2.75, 3.05) is 6.79 Å². The van der Waals surface area contributed by atoms with Gasteiger partial charge in [-0.25, -0.2) is 4.98 Å². The number of pyridine rings is 1. The van der Waals surface area contributed by atoms with Gasteiger partial charge in [0.25, 0.3) is 0 Å². The van der Waals surface area contributed by atoms with Crippen LogP contribution in [0.1, 0.15) is 22.4 Å². The molecule has 5 heteroatoms. The number of nitrogens with two attached hydrogens (primary N) is 1. The highest BCUT2D eigenvalue weighted by Crippen LogP contribution is 2.33. The first-order valence-electron chi connectivity index (χ1n) is 6.86. The number of ether oxygens (including phenoxy) is 3. The lowest BCUT2D eigenvalue weighted by Crippen LogP contribution is -2.07. The summed E-state index contributed by atoms with van der Waals surface area (Å²) in [4.78, 5) is 4.43. The monoisotopic (exact) mass is 286 g/mol. The number of fused-ring (bicyclic) bond motifs is 1. The Labute approximate surface area is 123 Å². The summed E-state index contributed by atoms with van der Waals surface area (Å²) in [6.45, 7) is 5.07. The quantitative estimate of drug-likeness (QED) is 0.935. The highest BCUT2D eigenvalue weighted by Gasteiger charge is 2.14. The van der Waals surface area contributed by atoms with Crippen LogP contribution >= 0.6 is 0 Å². The van der Waals surface area contributed by atoms with E-state index in [1.165, 1.54) is 0 Å². The minimum atomic E-state index is 0.273. The van der Waals surface area contributed by atoms with E-state index in [2.05, 4.69) is 4.98 Å². The number of hydrogen-bond acceptors (Lipinski definition) is 5. The van der Waals surface area contributed by atoms with Gasteiger partial charge in [0, 0.05) is 17.8 Å². The van der Waals surface area contributed by atoms with Crippen molar-refractivity contribution in [3.8, 4) is 17.4 Å². The van der Waals surface area contributed by atoms with Crippen LogP contribution in [0.4, 0.5) is 0 Å². The van der Waals surface area contributed by atoms with E-state index in [1.807, 2.05) is 38.1 Å². The number of rotatable bonds is 4. The van der Waals surface area contributed by atoms with Gasteiger partial charge in [0.15, 0.2) is 11.5 Å². The van der Waals surface area contributed by atoms with Crippen molar-refractivity contribution in [3.05, 3.63) is 46.6 Å². The molecule has 1 aromatic carbocycles. The van der Waals surface area contributed by atoms with Crippen LogP contribution in [0.5, 0.6) is 17.4 Å². The molecule has 0 amide bonds. The summed E-state index contributed by atoms with van der Waals surface area (Å²) in [5, 5.41) is 0. The van der Waals surface area contributed by atoms with Crippen molar-refractivity contribution in [3.63, 3.8) is 0 Å². The summed E-state index contributed by atoms with van der Waals surface area (Å²) in [5.74, 6) is 2.13. The molecule has 0 radical (unpaired) electrons. The van der Waals surface area contributed by atoms with Crippen LogP contribution in [0.3, 0.4) is 0 Å². The van der Waals surface area contributed by atoms with Crippen LogP contribution in [0.25, 0.3) is 0 Å². The molecule has 5 nitrogen and oxygen atoms in total. The van der Waals surface area contributed by atoms with Crippen LogP contribution in [0, 0.1) is 13.8 Å². The van der Waals surface area contributed by atoms with Crippen LogP contribution in [0.15, 0.2) is 24.3 Å². The Bertz CT molecular complexity index is 671. The number of aryl methyl sites for hydroxylation is 2. The molecule has 1 aliphatic heterocycles. The van der Waals surface area contributed by atoms with Gasteiger partial charge in [-0.1, -0.05) is 6.07 Å². The van der Waals surface area contributed by atoms with Gasteiger partial charge in [0.1, 0.15) is 6.61 Å². The van der Waals surface area contributed by atoms with Crippen molar-refractivity contribution in [1.29, 1.82) is 0 Å². The molecule has 1 aliphatic rings. The third-order valence-corrected chi connectivity index (χ3v) is 3.45. The number of nitrogens with zero attached hydrogens (tertiary/aromatic N) is 1. The summed E-state index contributed by atoms with van der Waals surface area (Å²) in [6.07, 6.45) is 0. The first-order chi connectivity index (χ1) is 10.2. The fourth-order valence-electron chi connectivity index (χ4n) is 2.38. The van der Waals surface area contributed by atoms with Crippen molar-refractivity contribution < 1.29 is 14.2 Å². The van der Waals surface area contributed by atoms with Crippen molar-refractivity contribution in [2.24, 2.45) is 5.73 Å². The number of hydrogen-bond donors (Lipinski definition) is 1. The summed E-state index contributed by atoms with van der Waals surface area (Å²) in [7, 11) is 0. The topological polar surface area (TPSA) is 66.6 Å². The lowest BCUT2D eigenvalue weighted by Gasteiger charge is -2.13. The predicted molar refractivity (Wildman–Crippen MR) is 78.5 cm³/mol. The Morgan fingerprint density at radius 1 is 1.19 bits per heavy atom. The Balaban J connectivity index is 1.79. The van der Waals surface area contributed by atoms with Crippen molar-refractivity contribution in [2.45, 2.75) is 27.0 Å². The SMILES string of the molecule is Cc1cc(C)c(CN)c(OCc2ccc3c(c2)OCO3)n1. The smallest absolute Gasteiger partial charge is 0.231 e. The van der Waals surface area contributed by atoms with E-state index in [0.717, 1.165) is 33.9 Å². The molecule has 1 aromatic heterocycles.